The molecule has 2 rings (SSSR count). The smallest absolute Gasteiger partial charge is 0.242 e. The number of hydrogen-bond donors (Lipinski definition) is 1. The van der Waals surface area contributed by atoms with Crippen molar-refractivity contribution < 1.29 is 8.42 Å². The van der Waals surface area contributed by atoms with E-state index in [9.17, 15) is 8.42 Å². The highest BCUT2D eigenvalue weighted by atomic mass is 32.2. The average molecular weight is 325 g/mol. The van der Waals surface area contributed by atoms with Gasteiger partial charge in [0.05, 0.1) is 16.1 Å². The maximum atomic E-state index is 12.0. The monoisotopic (exact) mass is 325 g/mol. The van der Waals surface area contributed by atoms with Gasteiger partial charge in [-0.1, -0.05) is 12.1 Å². The molecule has 0 atom stereocenters. The highest BCUT2D eigenvalue weighted by molar-refractivity contribution is 7.89. The zero-order chi connectivity index (χ0) is 15.8. The predicted molar refractivity (Wildman–Crippen MR) is 85.6 cm³/mol. The third-order valence-corrected chi connectivity index (χ3v) is 6.00. The Hall–Kier alpha value is -1.28. The number of nitrogens with zero attached hydrogens (tertiary/aromatic N) is 2. The van der Waals surface area contributed by atoms with E-state index in [1.807, 2.05) is 19.2 Å². The second-order valence-corrected chi connectivity index (χ2v) is 8.58. The molecule has 0 bridgehead atoms. The first-order valence-corrected chi connectivity index (χ1v) is 8.72. The number of aromatic nitrogens is 1. The summed E-state index contributed by atoms with van der Waals surface area (Å²) in [5.41, 5.74) is 7.23. The average Bonchev–Trinajstić information content (AvgIpc) is 2.88. The van der Waals surface area contributed by atoms with E-state index < -0.39 is 15.6 Å². The maximum absolute atomic E-state index is 12.0. The van der Waals surface area contributed by atoms with E-state index in [0.29, 0.717) is 0 Å². The number of sulfonamides is 1. The molecule has 0 saturated carbocycles. The second kappa shape index (κ2) is 5.49. The fourth-order valence-electron chi connectivity index (χ4n) is 1.71. The highest BCUT2D eigenvalue weighted by Crippen LogP contribution is 2.28. The summed E-state index contributed by atoms with van der Waals surface area (Å²) in [4.78, 5) is 4.78. The normalized spacial score (nSPS) is 12.9. The molecule has 2 aromatic rings. The molecule has 0 fully saturated rings. The summed E-state index contributed by atoms with van der Waals surface area (Å²) < 4.78 is 25.2. The summed E-state index contributed by atoms with van der Waals surface area (Å²) in [5, 5.41) is 2.78. The van der Waals surface area contributed by atoms with Crippen LogP contribution in [0.2, 0.25) is 0 Å². The predicted octanol–water partition coefficient (Wildman–Crippen LogP) is 2.25. The molecule has 114 valence electrons. The van der Waals surface area contributed by atoms with Crippen LogP contribution in [0, 0.1) is 0 Å². The molecule has 7 heteroatoms. The van der Waals surface area contributed by atoms with Crippen molar-refractivity contribution in [3.8, 4) is 11.3 Å². The summed E-state index contributed by atoms with van der Waals surface area (Å²) in [6.07, 6.45) is 0. The number of nitrogens with two attached hydrogens (primary N) is 1. The van der Waals surface area contributed by atoms with Gasteiger partial charge in [0.1, 0.15) is 5.01 Å². The summed E-state index contributed by atoms with van der Waals surface area (Å²) in [5.74, 6) is 0. The van der Waals surface area contributed by atoms with Crippen molar-refractivity contribution in [3.63, 3.8) is 0 Å². The molecule has 0 aliphatic rings. The van der Waals surface area contributed by atoms with Gasteiger partial charge in [0.25, 0.3) is 0 Å². The Morgan fingerprint density at radius 3 is 2.19 bits per heavy atom. The van der Waals surface area contributed by atoms with Gasteiger partial charge in [-0.25, -0.2) is 17.7 Å². The lowest BCUT2D eigenvalue weighted by Gasteiger charge is -2.14. The van der Waals surface area contributed by atoms with Crippen LogP contribution in [0.25, 0.3) is 11.3 Å². The largest absolute Gasteiger partial charge is 0.320 e. The maximum Gasteiger partial charge on any atom is 0.242 e. The molecular formula is C14H19N3O2S2. The van der Waals surface area contributed by atoms with Gasteiger partial charge >= 0.3 is 0 Å². The minimum absolute atomic E-state index is 0.269. The molecule has 1 heterocycles. The van der Waals surface area contributed by atoms with Crippen molar-refractivity contribution in [3.05, 3.63) is 34.7 Å². The van der Waals surface area contributed by atoms with Gasteiger partial charge in [-0.05, 0) is 26.0 Å². The van der Waals surface area contributed by atoms with Crippen LogP contribution in [-0.4, -0.2) is 31.8 Å². The van der Waals surface area contributed by atoms with Crippen molar-refractivity contribution in [2.75, 3.05) is 14.1 Å². The Morgan fingerprint density at radius 2 is 1.76 bits per heavy atom. The van der Waals surface area contributed by atoms with Crippen LogP contribution in [-0.2, 0) is 15.6 Å². The summed E-state index contributed by atoms with van der Waals surface area (Å²) in [6.45, 7) is 3.81. The molecule has 21 heavy (non-hydrogen) atoms. The van der Waals surface area contributed by atoms with Crippen LogP contribution in [0.4, 0.5) is 0 Å². The molecular weight excluding hydrogens is 306 g/mol. The number of thiazole rings is 1. The van der Waals surface area contributed by atoms with Gasteiger partial charge in [0.15, 0.2) is 0 Å². The fraction of sp³-hybridized carbons (Fsp3) is 0.357. The van der Waals surface area contributed by atoms with Gasteiger partial charge in [-0.2, -0.15) is 0 Å². The number of benzene rings is 1. The molecule has 1 aromatic heterocycles. The molecule has 0 radical (unpaired) electrons. The molecule has 5 nitrogen and oxygen atoms in total. The molecule has 0 amide bonds. The van der Waals surface area contributed by atoms with Crippen molar-refractivity contribution in [2.24, 2.45) is 5.73 Å². The zero-order valence-electron chi connectivity index (χ0n) is 12.5. The molecule has 0 unspecified atom stereocenters. The Morgan fingerprint density at radius 1 is 1.19 bits per heavy atom. The summed E-state index contributed by atoms with van der Waals surface area (Å²) in [6, 6.07) is 6.71. The van der Waals surface area contributed by atoms with Gasteiger partial charge in [-0.15, -0.1) is 11.3 Å². The van der Waals surface area contributed by atoms with Crippen LogP contribution in [0.3, 0.4) is 0 Å². The van der Waals surface area contributed by atoms with Crippen molar-refractivity contribution >= 4 is 21.4 Å². The SMILES string of the molecule is CN(C)S(=O)(=O)c1ccc(-c2csc(C(C)(C)N)n2)cc1. The highest BCUT2D eigenvalue weighted by Gasteiger charge is 2.20. The van der Waals surface area contributed by atoms with Gasteiger partial charge in [0, 0.05) is 25.0 Å². The lowest BCUT2D eigenvalue weighted by molar-refractivity contribution is 0.521. The van der Waals surface area contributed by atoms with Crippen LogP contribution < -0.4 is 5.73 Å². The van der Waals surface area contributed by atoms with Crippen LogP contribution in [0.5, 0.6) is 0 Å². The molecule has 0 aliphatic heterocycles. The van der Waals surface area contributed by atoms with Gasteiger partial charge < -0.3 is 5.73 Å². The van der Waals surface area contributed by atoms with Crippen molar-refractivity contribution in [2.45, 2.75) is 24.3 Å². The van der Waals surface area contributed by atoms with Crippen LogP contribution in [0.15, 0.2) is 34.5 Å². The van der Waals surface area contributed by atoms with Gasteiger partial charge in [-0.3, -0.25) is 0 Å². The lowest BCUT2D eigenvalue weighted by Crippen LogP contribution is -2.28. The van der Waals surface area contributed by atoms with Crippen molar-refractivity contribution in [1.29, 1.82) is 0 Å². The first-order valence-electron chi connectivity index (χ1n) is 6.40. The molecule has 2 N–H and O–H groups in total. The van der Waals surface area contributed by atoms with E-state index in [1.165, 1.54) is 29.7 Å². The first-order chi connectivity index (χ1) is 9.62. The minimum atomic E-state index is -3.40. The number of rotatable bonds is 4. The van der Waals surface area contributed by atoms with E-state index >= 15 is 0 Å². The molecule has 0 aliphatic carbocycles. The Balaban J connectivity index is 2.34. The topological polar surface area (TPSA) is 76.3 Å². The molecule has 0 saturated heterocycles. The van der Waals surface area contributed by atoms with Crippen LogP contribution >= 0.6 is 11.3 Å². The quantitative estimate of drug-likeness (QED) is 0.935. The first kappa shape index (κ1) is 16.1. The van der Waals surface area contributed by atoms with E-state index in [1.54, 1.807) is 24.3 Å². The van der Waals surface area contributed by atoms with E-state index in [-0.39, 0.29) is 4.90 Å². The van der Waals surface area contributed by atoms with E-state index in [0.717, 1.165) is 16.3 Å². The van der Waals surface area contributed by atoms with E-state index in [2.05, 4.69) is 4.98 Å². The Kier molecular flexibility index (Phi) is 4.21. The fourth-order valence-corrected chi connectivity index (χ4v) is 3.48. The number of hydrogen-bond acceptors (Lipinski definition) is 5. The minimum Gasteiger partial charge on any atom is -0.320 e. The zero-order valence-corrected chi connectivity index (χ0v) is 14.1. The lowest BCUT2D eigenvalue weighted by atomic mass is 10.1. The van der Waals surface area contributed by atoms with E-state index in [4.69, 9.17) is 5.73 Å². The second-order valence-electron chi connectivity index (χ2n) is 5.57. The third-order valence-electron chi connectivity index (χ3n) is 2.98. The summed E-state index contributed by atoms with van der Waals surface area (Å²) in [7, 11) is -0.372. The molecule has 1 aromatic carbocycles. The van der Waals surface area contributed by atoms with Crippen LogP contribution in [0.1, 0.15) is 18.9 Å². The van der Waals surface area contributed by atoms with Gasteiger partial charge in [0.2, 0.25) is 10.0 Å². The third kappa shape index (κ3) is 3.32. The standard InChI is InChI=1S/C14H19N3O2S2/c1-14(2,15)13-16-12(9-20-13)10-5-7-11(8-6-10)21(18,19)17(3)4/h5-9H,15H2,1-4H3. The van der Waals surface area contributed by atoms with Crippen molar-refractivity contribution in [1.82, 2.24) is 9.29 Å². The Bertz CT molecular complexity index is 726. The molecule has 0 spiro atoms. The Labute approximate surface area is 129 Å². The summed E-state index contributed by atoms with van der Waals surface area (Å²) >= 11 is 1.50.